The number of carbonyl (C=O) groups excluding carboxylic acids is 1. The highest BCUT2D eigenvalue weighted by atomic mass is 79.9. The molecule has 0 N–H and O–H groups in total. The quantitative estimate of drug-likeness (QED) is 0.483. The van der Waals surface area contributed by atoms with Gasteiger partial charge in [-0.3, -0.25) is 4.79 Å². The maximum atomic E-state index is 13.0. The Labute approximate surface area is 103 Å². The summed E-state index contributed by atoms with van der Waals surface area (Å²) in [5, 5.41) is 0. The smallest absolute Gasteiger partial charge is 0.403 e. The lowest BCUT2D eigenvalue weighted by Crippen LogP contribution is -2.18. The first-order valence-electron chi connectivity index (χ1n) is 4.44. The number of alkyl halides is 4. The minimum Gasteiger partial charge on any atom is -0.403 e. The third-order valence-corrected chi connectivity index (χ3v) is 2.22. The van der Waals surface area contributed by atoms with Crippen LogP contribution in [0.15, 0.2) is 18.2 Å². The van der Waals surface area contributed by atoms with Crippen molar-refractivity contribution in [2.24, 2.45) is 0 Å². The number of carbonyl (C=O) groups is 1. The second-order valence-electron chi connectivity index (χ2n) is 3.17. The zero-order chi connectivity index (χ0) is 13.2. The number of rotatable bonds is 3. The average Bonchev–Trinajstić information content (AvgIpc) is 2.18. The fraction of sp³-hybridized carbons (Fsp3) is 0.300. The minimum atomic E-state index is -5.00. The van der Waals surface area contributed by atoms with Crippen LogP contribution in [0.2, 0.25) is 0 Å². The van der Waals surface area contributed by atoms with Crippen LogP contribution < -0.4 is 4.74 Å². The van der Waals surface area contributed by atoms with Gasteiger partial charge in [-0.15, -0.1) is 13.2 Å². The van der Waals surface area contributed by atoms with Crippen molar-refractivity contribution in [3.05, 3.63) is 29.6 Å². The lowest BCUT2D eigenvalue weighted by Gasteiger charge is -2.11. The Balaban J connectivity index is 3.07. The Morgan fingerprint density at radius 1 is 1.41 bits per heavy atom. The summed E-state index contributed by atoms with van der Waals surface area (Å²) >= 11 is 2.97. The van der Waals surface area contributed by atoms with Gasteiger partial charge >= 0.3 is 6.36 Å². The van der Waals surface area contributed by atoms with E-state index >= 15 is 0 Å². The summed E-state index contributed by atoms with van der Waals surface area (Å²) in [6.45, 7) is 1.51. The SMILES string of the molecule is CC(Br)C(=O)c1ccc(F)c(OC(F)(F)F)c1. The molecule has 0 radical (unpaired) electrons. The number of Topliss-reactive ketones (excluding diaryl/α,β-unsaturated/α-hetero) is 1. The molecule has 0 aliphatic rings. The Morgan fingerprint density at radius 2 is 2.00 bits per heavy atom. The molecule has 94 valence electrons. The molecule has 0 bridgehead atoms. The number of hydrogen-bond acceptors (Lipinski definition) is 2. The highest BCUT2D eigenvalue weighted by molar-refractivity contribution is 9.10. The van der Waals surface area contributed by atoms with Gasteiger partial charge in [0.2, 0.25) is 0 Å². The van der Waals surface area contributed by atoms with Crippen LogP contribution in [0.25, 0.3) is 0 Å². The van der Waals surface area contributed by atoms with Gasteiger partial charge in [0, 0.05) is 5.56 Å². The maximum absolute atomic E-state index is 13.0. The molecule has 1 unspecified atom stereocenters. The van der Waals surface area contributed by atoms with Gasteiger partial charge < -0.3 is 4.74 Å². The number of hydrogen-bond donors (Lipinski definition) is 0. The summed E-state index contributed by atoms with van der Waals surface area (Å²) in [7, 11) is 0. The number of ketones is 1. The third-order valence-electron chi connectivity index (χ3n) is 1.80. The van der Waals surface area contributed by atoms with Gasteiger partial charge in [-0.1, -0.05) is 15.9 Å². The van der Waals surface area contributed by atoms with Crippen molar-refractivity contribution >= 4 is 21.7 Å². The summed E-state index contributed by atoms with van der Waals surface area (Å²) in [6, 6.07) is 2.57. The molecule has 0 aromatic heterocycles. The Bertz CT molecular complexity index is 429. The van der Waals surface area contributed by atoms with Crippen LogP contribution in [0.4, 0.5) is 17.6 Å². The van der Waals surface area contributed by atoms with Crippen molar-refractivity contribution in [2.75, 3.05) is 0 Å². The van der Waals surface area contributed by atoms with Crippen LogP contribution in [0.5, 0.6) is 5.75 Å². The van der Waals surface area contributed by atoms with Crippen molar-refractivity contribution in [3.8, 4) is 5.75 Å². The first-order chi connectivity index (χ1) is 7.70. The zero-order valence-electron chi connectivity index (χ0n) is 8.52. The highest BCUT2D eigenvalue weighted by Gasteiger charge is 2.32. The molecule has 1 atom stereocenters. The second kappa shape index (κ2) is 5.03. The van der Waals surface area contributed by atoms with Gasteiger partial charge in [0.05, 0.1) is 4.83 Å². The molecule has 0 aliphatic carbocycles. The topological polar surface area (TPSA) is 26.3 Å². The van der Waals surface area contributed by atoms with E-state index in [1.54, 1.807) is 0 Å². The Morgan fingerprint density at radius 3 is 2.47 bits per heavy atom. The van der Waals surface area contributed by atoms with Crippen molar-refractivity contribution in [2.45, 2.75) is 18.1 Å². The van der Waals surface area contributed by atoms with Crippen LogP contribution in [0.1, 0.15) is 17.3 Å². The van der Waals surface area contributed by atoms with Crippen LogP contribution in [-0.4, -0.2) is 17.0 Å². The standard InChI is InChI=1S/C10H7BrF4O2/c1-5(11)9(16)6-2-3-7(12)8(4-6)17-10(13,14)15/h2-5H,1H3. The van der Waals surface area contributed by atoms with E-state index in [1.807, 2.05) is 0 Å². The molecule has 0 aliphatic heterocycles. The van der Waals surface area contributed by atoms with Crippen molar-refractivity contribution in [1.82, 2.24) is 0 Å². The van der Waals surface area contributed by atoms with Crippen molar-refractivity contribution in [3.63, 3.8) is 0 Å². The summed E-state index contributed by atoms with van der Waals surface area (Å²) in [5.74, 6) is -2.66. The average molecular weight is 315 g/mol. The number of benzene rings is 1. The lowest BCUT2D eigenvalue weighted by molar-refractivity contribution is -0.275. The fourth-order valence-corrected chi connectivity index (χ4v) is 1.35. The van der Waals surface area contributed by atoms with Crippen LogP contribution >= 0.6 is 15.9 Å². The van der Waals surface area contributed by atoms with E-state index in [2.05, 4.69) is 20.7 Å². The predicted molar refractivity (Wildman–Crippen MR) is 55.8 cm³/mol. The molecule has 17 heavy (non-hydrogen) atoms. The van der Waals surface area contributed by atoms with E-state index in [9.17, 15) is 22.4 Å². The maximum Gasteiger partial charge on any atom is 0.573 e. The third kappa shape index (κ3) is 3.99. The van der Waals surface area contributed by atoms with Crippen LogP contribution in [0, 0.1) is 5.82 Å². The molecule has 1 aromatic rings. The van der Waals surface area contributed by atoms with E-state index in [4.69, 9.17) is 0 Å². The van der Waals surface area contributed by atoms with Crippen molar-refractivity contribution in [1.29, 1.82) is 0 Å². The molecule has 1 aromatic carbocycles. The lowest BCUT2D eigenvalue weighted by atomic mass is 10.1. The molecule has 1 rings (SSSR count). The number of ether oxygens (including phenoxy) is 1. The zero-order valence-corrected chi connectivity index (χ0v) is 10.1. The summed E-state index contributed by atoms with van der Waals surface area (Å²) in [6.07, 6.45) is -5.00. The molecule has 0 saturated heterocycles. The van der Waals surface area contributed by atoms with Crippen LogP contribution in [-0.2, 0) is 0 Å². The van der Waals surface area contributed by atoms with Crippen LogP contribution in [0.3, 0.4) is 0 Å². The highest BCUT2D eigenvalue weighted by Crippen LogP contribution is 2.27. The molecule has 0 saturated carbocycles. The molecular formula is C10H7BrF4O2. The number of halogens is 5. The van der Waals surface area contributed by atoms with E-state index in [1.165, 1.54) is 6.92 Å². The largest absolute Gasteiger partial charge is 0.573 e. The molecule has 0 fully saturated rings. The second-order valence-corrected chi connectivity index (χ2v) is 4.55. The van der Waals surface area contributed by atoms with Gasteiger partial charge in [0.15, 0.2) is 17.3 Å². The van der Waals surface area contributed by atoms with E-state index in [0.717, 1.165) is 18.2 Å². The Hall–Kier alpha value is -1.11. The normalized spacial score (nSPS) is 13.3. The minimum absolute atomic E-state index is 0.0602. The van der Waals surface area contributed by atoms with E-state index in [-0.39, 0.29) is 5.56 Å². The first-order valence-corrected chi connectivity index (χ1v) is 5.36. The van der Waals surface area contributed by atoms with Gasteiger partial charge in [-0.25, -0.2) is 4.39 Å². The summed E-state index contributed by atoms with van der Waals surface area (Å²) < 4.78 is 52.3. The van der Waals surface area contributed by atoms with Gasteiger partial charge in [-0.05, 0) is 25.1 Å². The Kier molecular flexibility index (Phi) is 4.13. The summed E-state index contributed by atoms with van der Waals surface area (Å²) in [5.41, 5.74) is -0.0602. The molecule has 0 heterocycles. The molecular weight excluding hydrogens is 308 g/mol. The summed E-state index contributed by atoms with van der Waals surface area (Å²) in [4.78, 5) is 10.9. The van der Waals surface area contributed by atoms with E-state index < -0.39 is 28.5 Å². The molecule has 7 heteroatoms. The van der Waals surface area contributed by atoms with E-state index in [0.29, 0.717) is 0 Å². The monoisotopic (exact) mass is 314 g/mol. The van der Waals surface area contributed by atoms with Gasteiger partial charge in [0.1, 0.15) is 0 Å². The molecule has 0 amide bonds. The van der Waals surface area contributed by atoms with Gasteiger partial charge in [-0.2, -0.15) is 0 Å². The van der Waals surface area contributed by atoms with Gasteiger partial charge in [0.25, 0.3) is 0 Å². The van der Waals surface area contributed by atoms with Crippen molar-refractivity contribution < 1.29 is 27.1 Å². The fourth-order valence-electron chi connectivity index (χ4n) is 1.09. The predicted octanol–water partition coefficient (Wildman–Crippen LogP) is 3.69. The molecule has 2 nitrogen and oxygen atoms in total. The molecule has 0 spiro atoms. The first kappa shape index (κ1) is 14.0.